The Kier molecular flexibility index (Phi) is 30.4. The van der Waals surface area contributed by atoms with Gasteiger partial charge in [0.1, 0.15) is 0 Å². The summed E-state index contributed by atoms with van der Waals surface area (Å²) in [4.78, 5) is 0. The molecule has 0 fully saturated rings. The zero-order valence-electron chi connectivity index (χ0n) is 40.3. The minimum atomic E-state index is 0. The minimum absolute atomic E-state index is 0. The normalized spacial score (nSPS) is 9.74. The fourth-order valence-electron chi connectivity index (χ4n) is 7.38. The molecule has 332 valence electrons. The molecule has 0 aliphatic heterocycles. The van der Waals surface area contributed by atoms with E-state index in [0.29, 0.717) is 0 Å². The Morgan fingerprint density at radius 1 is 0.355 bits per heavy atom. The molecule has 0 atom stereocenters. The second-order valence-corrected chi connectivity index (χ2v) is 35.4. The van der Waals surface area contributed by atoms with Crippen LogP contribution in [-0.2, 0) is 59.5 Å². The maximum absolute atomic E-state index is 2.31. The summed E-state index contributed by atoms with van der Waals surface area (Å²) in [6, 6.07) is 35.9. The van der Waals surface area contributed by atoms with Crippen LogP contribution in [0.2, 0.25) is 26.2 Å². The molecule has 8 heteroatoms. The summed E-state index contributed by atoms with van der Waals surface area (Å²) >= 11 is 3.48. The largest absolute Gasteiger partial charge is 0.165 e. The third kappa shape index (κ3) is 18.5. The van der Waals surface area contributed by atoms with Gasteiger partial charge in [0.05, 0.1) is 0 Å². The molecule has 0 aliphatic rings. The molecule has 0 aromatic heterocycles. The van der Waals surface area contributed by atoms with Gasteiger partial charge in [-0.05, 0) is 26.7 Å². The molecular weight excluding hydrogens is 1030 g/mol. The van der Waals surface area contributed by atoms with Crippen molar-refractivity contribution in [3.63, 3.8) is 0 Å². The SMILES string of the molecule is CCc1ccc(C)c2[cH-]c(C)cc12.CCc1ccc(C)c2[cH-]c(C)cc12.C[Si](C)=[Zr+2].C[Si](C)=[Zr+2].Cc1cc2c(C)ccc(C)c2[cH-]1.Cc1cc2c(C)ccc(C)c2[cH-]1.Cl.Cl.Cl.Cl. The monoisotopic (exact) mass is 1100 g/mol. The number of fused-ring (bicyclic) bond motifs is 4. The molecule has 8 aromatic rings. The van der Waals surface area contributed by atoms with Crippen molar-refractivity contribution in [2.45, 2.75) is 122 Å². The summed E-state index contributed by atoms with van der Waals surface area (Å²) in [5.41, 5.74) is 17.1. The summed E-state index contributed by atoms with van der Waals surface area (Å²) in [5, 5.41) is 11.4. The van der Waals surface area contributed by atoms with Crippen LogP contribution < -0.4 is 0 Å². The molecular formula is C54H72Cl4Si2Zr2. The number of hydrogen-bond donors (Lipinski definition) is 0. The summed E-state index contributed by atoms with van der Waals surface area (Å²) < 4.78 is 0. The first-order valence-corrected chi connectivity index (χ1v) is 33.3. The maximum Gasteiger partial charge on any atom is -0.0488 e. The fraction of sp³-hybridized carbons (Fsp3) is 0.333. The third-order valence-corrected chi connectivity index (χ3v) is 10.4. The molecule has 0 aliphatic carbocycles. The molecule has 0 bridgehead atoms. The van der Waals surface area contributed by atoms with Gasteiger partial charge in [-0.3, -0.25) is 0 Å². The van der Waals surface area contributed by atoms with Crippen molar-refractivity contribution in [2.24, 2.45) is 0 Å². The molecule has 0 saturated carbocycles. The Labute approximate surface area is 431 Å². The van der Waals surface area contributed by atoms with E-state index >= 15 is 0 Å². The van der Waals surface area contributed by atoms with E-state index in [1.54, 1.807) is 46.7 Å². The Morgan fingerprint density at radius 2 is 0.548 bits per heavy atom. The Bertz CT molecular complexity index is 2370. The fourth-order valence-corrected chi connectivity index (χ4v) is 7.38. The number of aryl methyl sites for hydroxylation is 12. The summed E-state index contributed by atoms with van der Waals surface area (Å²) in [6.07, 6.45) is 2.25. The van der Waals surface area contributed by atoms with Gasteiger partial charge in [-0.1, -0.05) is 116 Å². The summed E-state index contributed by atoms with van der Waals surface area (Å²) in [6.45, 7) is 35.3. The standard InChI is InChI=1S/2C13H15.2C12H13.2C2H6Si.4ClH.2Zr/c2*1-4-11-6-5-10(3)12-7-9(2)8-13(11)12;2*1-8-6-11-9(2)4-5-10(3)12(11)7-8;2*1-3-2;;;;;;/h2*5-8H,4H2,1-3H3;2*4-7H,1-3H3;2*1-2H3;4*1H;;/q4*-1;;;;;;;2*+2. The molecule has 0 N–H and O–H groups in total. The molecule has 0 unspecified atom stereocenters. The van der Waals surface area contributed by atoms with Crippen LogP contribution in [0, 0.1) is 69.2 Å². The van der Waals surface area contributed by atoms with Crippen LogP contribution in [-0.4, -0.2) is 10.9 Å². The maximum atomic E-state index is 2.31. The quantitative estimate of drug-likeness (QED) is 0.120. The Morgan fingerprint density at radius 3 is 0.774 bits per heavy atom. The number of hydrogen-bond acceptors (Lipinski definition) is 0. The van der Waals surface area contributed by atoms with Gasteiger partial charge in [0.15, 0.2) is 0 Å². The predicted octanol–water partition coefficient (Wildman–Crippen LogP) is 17.7. The second-order valence-electron chi connectivity index (χ2n) is 16.6. The van der Waals surface area contributed by atoms with Crippen LogP contribution in [0.1, 0.15) is 80.6 Å². The van der Waals surface area contributed by atoms with E-state index in [1.165, 1.54) is 110 Å². The number of rotatable bonds is 2. The molecule has 0 spiro atoms. The van der Waals surface area contributed by atoms with Crippen LogP contribution in [0.25, 0.3) is 43.1 Å². The molecule has 0 saturated heterocycles. The molecule has 0 radical (unpaired) electrons. The van der Waals surface area contributed by atoms with E-state index in [-0.39, 0.29) is 60.5 Å². The average molecular weight is 1100 g/mol. The van der Waals surface area contributed by atoms with Crippen LogP contribution in [0.5, 0.6) is 0 Å². The van der Waals surface area contributed by atoms with Crippen molar-refractivity contribution in [3.05, 3.63) is 164 Å². The van der Waals surface area contributed by atoms with Gasteiger partial charge in [-0.2, -0.15) is 24.3 Å². The van der Waals surface area contributed by atoms with E-state index in [2.05, 4.69) is 206 Å². The first-order valence-electron chi connectivity index (χ1n) is 20.9. The zero-order chi connectivity index (χ0) is 43.4. The number of benzene rings is 4. The molecule has 0 amide bonds. The Hall–Kier alpha value is -1.32. The van der Waals surface area contributed by atoms with E-state index in [9.17, 15) is 0 Å². The second kappa shape index (κ2) is 30.1. The van der Waals surface area contributed by atoms with E-state index in [0.717, 1.165) is 12.8 Å². The predicted molar refractivity (Wildman–Crippen MR) is 288 cm³/mol. The van der Waals surface area contributed by atoms with Gasteiger partial charge in [0.25, 0.3) is 0 Å². The van der Waals surface area contributed by atoms with Gasteiger partial charge in [-0.15, -0.1) is 186 Å². The van der Waals surface area contributed by atoms with Gasteiger partial charge < -0.3 is 0 Å². The summed E-state index contributed by atoms with van der Waals surface area (Å²) in [7, 11) is 0. The van der Waals surface area contributed by atoms with Gasteiger partial charge in [0.2, 0.25) is 0 Å². The van der Waals surface area contributed by atoms with Crippen molar-refractivity contribution in [3.8, 4) is 0 Å². The Balaban J connectivity index is 0. The van der Waals surface area contributed by atoms with Crippen LogP contribution in [0.15, 0.2) is 97.1 Å². The summed E-state index contributed by atoms with van der Waals surface area (Å²) in [5.74, 6) is 0. The molecule has 0 nitrogen and oxygen atoms in total. The van der Waals surface area contributed by atoms with Gasteiger partial charge >= 0.3 is 83.7 Å². The van der Waals surface area contributed by atoms with E-state index in [1.807, 2.05) is 0 Å². The smallest absolute Gasteiger partial charge is 0.0488 e. The zero-order valence-corrected chi connectivity index (χ0v) is 50.5. The van der Waals surface area contributed by atoms with Crippen molar-refractivity contribution in [1.82, 2.24) is 0 Å². The third-order valence-electron chi connectivity index (χ3n) is 10.4. The van der Waals surface area contributed by atoms with Crippen molar-refractivity contribution in [1.29, 1.82) is 0 Å². The first-order chi connectivity index (χ1) is 27.3. The van der Waals surface area contributed by atoms with Crippen molar-refractivity contribution >= 4 is 104 Å². The molecule has 8 aromatic carbocycles. The van der Waals surface area contributed by atoms with Crippen molar-refractivity contribution in [2.75, 3.05) is 0 Å². The average Bonchev–Trinajstić information content (AvgIpc) is 3.94. The molecule has 62 heavy (non-hydrogen) atoms. The number of halogens is 4. The van der Waals surface area contributed by atoms with Crippen molar-refractivity contribution < 1.29 is 46.7 Å². The van der Waals surface area contributed by atoms with Crippen LogP contribution >= 0.6 is 49.6 Å². The van der Waals surface area contributed by atoms with Gasteiger partial charge in [-0.25, -0.2) is 0 Å². The van der Waals surface area contributed by atoms with Crippen LogP contribution in [0.4, 0.5) is 0 Å². The van der Waals surface area contributed by atoms with Crippen LogP contribution in [0.3, 0.4) is 0 Å². The van der Waals surface area contributed by atoms with Gasteiger partial charge in [0, 0.05) is 0 Å². The molecule has 0 heterocycles. The minimum Gasteiger partial charge on any atom is -0.165 e. The first kappa shape index (κ1) is 62.8. The topological polar surface area (TPSA) is 0 Å². The molecule has 8 rings (SSSR count). The van der Waals surface area contributed by atoms with E-state index < -0.39 is 0 Å². The van der Waals surface area contributed by atoms with E-state index in [4.69, 9.17) is 0 Å².